The van der Waals surface area contributed by atoms with E-state index in [0.717, 1.165) is 19.3 Å². The smallest absolute Gasteiger partial charge is 0.101 e. The monoisotopic (exact) mass is 256 g/mol. The topological polar surface area (TPSA) is 30.3 Å². The predicted molar refractivity (Wildman–Crippen MR) is 73.9 cm³/mol. The van der Waals surface area contributed by atoms with Crippen molar-refractivity contribution >= 4 is 0 Å². The van der Waals surface area contributed by atoms with Crippen LogP contribution in [-0.2, 0) is 4.74 Å². The molecule has 2 rings (SSSR count). The van der Waals surface area contributed by atoms with Crippen molar-refractivity contribution in [3.05, 3.63) is 0 Å². The number of morpholine rings is 1. The van der Waals surface area contributed by atoms with Gasteiger partial charge in [-0.25, -0.2) is 0 Å². The summed E-state index contributed by atoms with van der Waals surface area (Å²) in [5.74, 6) is 0. The number of ether oxygens (including phenoxy) is 1. The lowest BCUT2D eigenvalue weighted by molar-refractivity contribution is -0.909. The molecule has 3 N–H and O–H groups in total. The molecule has 0 atom stereocenters. The lowest BCUT2D eigenvalue weighted by Crippen LogP contribution is -3.14. The molecule has 0 bridgehead atoms. The van der Waals surface area contributed by atoms with E-state index < -0.39 is 0 Å². The minimum Gasteiger partial charge on any atom is -0.370 e. The van der Waals surface area contributed by atoms with Crippen LogP contribution in [0.25, 0.3) is 0 Å². The molecule has 3 nitrogen and oxygen atoms in total. The van der Waals surface area contributed by atoms with Crippen LogP contribution in [0.4, 0.5) is 0 Å². The molecule has 0 spiro atoms. The number of quaternary nitrogens is 2. The third-order valence-electron chi connectivity index (χ3n) is 4.58. The fourth-order valence-corrected chi connectivity index (χ4v) is 3.34. The Morgan fingerprint density at radius 2 is 1.61 bits per heavy atom. The molecular weight excluding hydrogens is 224 g/mol. The van der Waals surface area contributed by atoms with E-state index >= 15 is 0 Å². The van der Waals surface area contributed by atoms with Gasteiger partial charge in [-0.1, -0.05) is 19.3 Å². The van der Waals surface area contributed by atoms with Crippen LogP contribution in [0.1, 0.15) is 51.4 Å². The Labute approximate surface area is 112 Å². The van der Waals surface area contributed by atoms with Gasteiger partial charge in [-0.05, 0) is 25.7 Å². The molecule has 18 heavy (non-hydrogen) atoms. The van der Waals surface area contributed by atoms with Gasteiger partial charge in [0.15, 0.2) is 0 Å². The van der Waals surface area contributed by atoms with Crippen LogP contribution < -0.4 is 10.2 Å². The molecule has 2 aliphatic rings. The van der Waals surface area contributed by atoms with E-state index in [1.165, 1.54) is 77.5 Å². The number of nitrogens with one attached hydrogen (secondary N) is 1. The molecular formula is C15H32N2O+2. The second-order valence-electron chi connectivity index (χ2n) is 6.10. The number of hydrogen-bond acceptors (Lipinski definition) is 1. The number of rotatable bonds is 5. The predicted octanol–water partition coefficient (Wildman–Crippen LogP) is -0.0321. The van der Waals surface area contributed by atoms with E-state index in [-0.39, 0.29) is 0 Å². The SMILES string of the molecule is C1CCCC([NH2+]CCC[NH+]2CCOCC2)CCC1. The molecule has 1 aliphatic heterocycles. The summed E-state index contributed by atoms with van der Waals surface area (Å²) in [6.07, 6.45) is 11.7. The average Bonchev–Trinajstić information content (AvgIpc) is 2.38. The van der Waals surface area contributed by atoms with Crippen molar-refractivity contribution in [3.8, 4) is 0 Å². The summed E-state index contributed by atoms with van der Waals surface area (Å²) >= 11 is 0. The molecule has 3 heteroatoms. The first kappa shape index (κ1) is 14.3. The van der Waals surface area contributed by atoms with Gasteiger partial charge < -0.3 is 15.0 Å². The van der Waals surface area contributed by atoms with Crippen molar-refractivity contribution in [2.45, 2.75) is 57.4 Å². The third kappa shape index (κ3) is 5.68. The van der Waals surface area contributed by atoms with Crippen molar-refractivity contribution in [2.75, 3.05) is 39.4 Å². The van der Waals surface area contributed by atoms with Crippen LogP contribution in [0.5, 0.6) is 0 Å². The maximum Gasteiger partial charge on any atom is 0.101 e. The molecule has 0 amide bonds. The third-order valence-corrected chi connectivity index (χ3v) is 4.58. The highest BCUT2D eigenvalue weighted by atomic mass is 16.5. The zero-order valence-electron chi connectivity index (χ0n) is 12.0. The summed E-state index contributed by atoms with van der Waals surface area (Å²) in [5.41, 5.74) is 0. The second-order valence-corrected chi connectivity index (χ2v) is 6.10. The van der Waals surface area contributed by atoms with Gasteiger partial charge in [-0.2, -0.15) is 0 Å². The van der Waals surface area contributed by atoms with Crippen LogP contribution in [-0.4, -0.2) is 45.4 Å². The summed E-state index contributed by atoms with van der Waals surface area (Å²) < 4.78 is 5.40. The molecule has 2 fully saturated rings. The maximum absolute atomic E-state index is 5.40. The molecule has 1 saturated carbocycles. The van der Waals surface area contributed by atoms with Gasteiger partial charge >= 0.3 is 0 Å². The average molecular weight is 256 g/mol. The van der Waals surface area contributed by atoms with Gasteiger partial charge in [-0.3, -0.25) is 0 Å². The number of hydrogen-bond donors (Lipinski definition) is 2. The fourth-order valence-electron chi connectivity index (χ4n) is 3.34. The Bertz CT molecular complexity index is 197. The second kappa shape index (κ2) is 8.89. The van der Waals surface area contributed by atoms with E-state index in [2.05, 4.69) is 5.32 Å². The van der Waals surface area contributed by atoms with E-state index in [1.807, 2.05) is 0 Å². The van der Waals surface area contributed by atoms with E-state index in [4.69, 9.17) is 4.74 Å². The quantitative estimate of drug-likeness (QED) is 0.665. The maximum atomic E-state index is 5.40. The Kier molecular flexibility index (Phi) is 7.06. The lowest BCUT2D eigenvalue weighted by atomic mass is 9.97. The molecule has 0 radical (unpaired) electrons. The molecule has 0 aromatic heterocycles. The van der Waals surface area contributed by atoms with Gasteiger partial charge in [0.2, 0.25) is 0 Å². The van der Waals surface area contributed by atoms with Crippen LogP contribution in [0, 0.1) is 0 Å². The first-order chi connectivity index (χ1) is 8.95. The molecule has 1 saturated heterocycles. The highest BCUT2D eigenvalue weighted by Crippen LogP contribution is 2.14. The normalized spacial score (nSPS) is 24.7. The van der Waals surface area contributed by atoms with Gasteiger partial charge in [0.05, 0.1) is 32.3 Å². The molecule has 0 unspecified atom stereocenters. The molecule has 0 aromatic rings. The Balaban J connectivity index is 1.50. The van der Waals surface area contributed by atoms with Crippen molar-refractivity contribution in [3.63, 3.8) is 0 Å². The van der Waals surface area contributed by atoms with Crippen LogP contribution in [0.15, 0.2) is 0 Å². The summed E-state index contributed by atoms with van der Waals surface area (Å²) in [4.78, 5) is 1.76. The Morgan fingerprint density at radius 1 is 0.944 bits per heavy atom. The van der Waals surface area contributed by atoms with Gasteiger partial charge in [-0.15, -0.1) is 0 Å². The zero-order valence-corrected chi connectivity index (χ0v) is 12.0. The standard InChI is InChI=1S/C15H30N2O/c1-2-4-7-15(8-5-3-1)16-9-6-10-17-11-13-18-14-12-17/h15-16H,1-14H2/p+2. The highest BCUT2D eigenvalue weighted by molar-refractivity contribution is 4.60. The molecule has 1 heterocycles. The summed E-state index contributed by atoms with van der Waals surface area (Å²) in [7, 11) is 0. The Hall–Kier alpha value is -0.120. The first-order valence-electron chi connectivity index (χ1n) is 8.20. The molecule has 1 aliphatic carbocycles. The van der Waals surface area contributed by atoms with Gasteiger partial charge in [0.25, 0.3) is 0 Å². The highest BCUT2D eigenvalue weighted by Gasteiger charge is 2.15. The van der Waals surface area contributed by atoms with Gasteiger partial charge in [0.1, 0.15) is 13.1 Å². The summed E-state index contributed by atoms with van der Waals surface area (Å²) in [6.45, 7) is 7.10. The van der Waals surface area contributed by atoms with E-state index in [0.29, 0.717) is 0 Å². The van der Waals surface area contributed by atoms with Crippen LogP contribution in [0.2, 0.25) is 0 Å². The minimum atomic E-state index is 0.935. The van der Waals surface area contributed by atoms with E-state index in [1.54, 1.807) is 4.90 Å². The lowest BCUT2D eigenvalue weighted by Gasteiger charge is -2.24. The van der Waals surface area contributed by atoms with Crippen molar-refractivity contribution in [1.29, 1.82) is 0 Å². The zero-order chi connectivity index (χ0) is 12.5. The van der Waals surface area contributed by atoms with Crippen LogP contribution in [0.3, 0.4) is 0 Å². The molecule has 0 aromatic carbocycles. The summed E-state index contributed by atoms with van der Waals surface area (Å²) in [5, 5.41) is 2.64. The van der Waals surface area contributed by atoms with Crippen molar-refractivity contribution < 1.29 is 15.0 Å². The van der Waals surface area contributed by atoms with E-state index in [9.17, 15) is 0 Å². The van der Waals surface area contributed by atoms with Crippen molar-refractivity contribution in [2.24, 2.45) is 0 Å². The fraction of sp³-hybridized carbons (Fsp3) is 1.00. The largest absolute Gasteiger partial charge is 0.370 e. The number of nitrogens with two attached hydrogens (primary N) is 1. The van der Waals surface area contributed by atoms with Crippen molar-refractivity contribution in [1.82, 2.24) is 0 Å². The van der Waals surface area contributed by atoms with Gasteiger partial charge in [0, 0.05) is 6.42 Å². The van der Waals surface area contributed by atoms with Crippen LogP contribution >= 0.6 is 0 Å². The molecule has 106 valence electrons. The first-order valence-corrected chi connectivity index (χ1v) is 8.20. The minimum absolute atomic E-state index is 0.935. The summed E-state index contributed by atoms with van der Waals surface area (Å²) in [6, 6.07) is 0.935. The Morgan fingerprint density at radius 3 is 2.33 bits per heavy atom.